The van der Waals surface area contributed by atoms with Crippen molar-refractivity contribution in [1.29, 1.82) is 0 Å². The van der Waals surface area contributed by atoms with Crippen LogP contribution in [-0.4, -0.2) is 56.2 Å². The zero-order valence-electron chi connectivity index (χ0n) is 12.2. The Balaban J connectivity index is 1.73. The topological polar surface area (TPSA) is 15.7 Å². The number of hydrogen-bond acceptors (Lipinski definition) is 3. The van der Waals surface area contributed by atoms with Crippen molar-refractivity contribution in [3.8, 4) is 0 Å². The van der Waals surface area contributed by atoms with E-state index >= 15 is 0 Å². The normalized spacial score (nSPS) is 18.1. The lowest BCUT2D eigenvalue weighted by atomic mass is 10.0. The Morgan fingerprint density at radius 3 is 2.53 bits per heavy atom. The van der Waals surface area contributed by atoms with Gasteiger partial charge in [-0.05, 0) is 38.5 Å². The van der Waals surface area contributed by atoms with Crippen molar-refractivity contribution in [1.82, 2.24) is 9.80 Å². The first-order valence-corrected chi connectivity index (χ1v) is 7.25. The quantitative estimate of drug-likeness (QED) is 0.782. The number of nitrogens with zero attached hydrogens (tertiary/aromatic N) is 2. The number of piperidine rings is 1. The van der Waals surface area contributed by atoms with Crippen molar-refractivity contribution in [2.75, 3.05) is 40.4 Å². The Morgan fingerprint density at radius 2 is 1.89 bits per heavy atom. The molecule has 1 heterocycles. The third kappa shape index (κ3) is 4.60. The van der Waals surface area contributed by atoms with Crippen LogP contribution in [0.15, 0.2) is 30.3 Å². The summed E-state index contributed by atoms with van der Waals surface area (Å²) in [5, 5.41) is 0. The van der Waals surface area contributed by atoms with Crippen LogP contribution < -0.4 is 0 Å². The Morgan fingerprint density at radius 1 is 1.21 bits per heavy atom. The van der Waals surface area contributed by atoms with E-state index in [0.29, 0.717) is 0 Å². The highest BCUT2D eigenvalue weighted by Gasteiger charge is 2.21. The van der Waals surface area contributed by atoms with E-state index in [2.05, 4.69) is 47.2 Å². The Labute approximate surface area is 117 Å². The first kappa shape index (κ1) is 14.5. The van der Waals surface area contributed by atoms with Crippen molar-refractivity contribution >= 4 is 0 Å². The maximum absolute atomic E-state index is 5.15. The molecule has 0 N–H and O–H groups in total. The second-order valence-electron chi connectivity index (χ2n) is 5.47. The fourth-order valence-electron chi connectivity index (χ4n) is 2.78. The van der Waals surface area contributed by atoms with Gasteiger partial charge in [0.2, 0.25) is 0 Å². The van der Waals surface area contributed by atoms with Gasteiger partial charge in [0.25, 0.3) is 0 Å². The van der Waals surface area contributed by atoms with Crippen LogP contribution in [0.3, 0.4) is 0 Å². The van der Waals surface area contributed by atoms with Crippen LogP contribution >= 0.6 is 0 Å². The van der Waals surface area contributed by atoms with Crippen LogP contribution in [0.4, 0.5) is 0 Å². The van der Waals surface area contributed by atoms with Crippen molar-refractivity contribution in [3.05, 3.63) is 35.9 Å². The van der Waals surface area contributed by atoms with E-state index in [1.165, 1.54) is 31.5 Å². The molecule has 0 saturated carbocycles. The summed E-state index contributed by atoms with van der Waals surface area (Å²) < 4.78 is 5.15. The zero-order chi connectivity index (χ0) is 13.5. The number of likely N-dealkylation sites (N-methyl/N-ethyl adjacent to an activating group) is 1. The van der Waals surface area contributed by atoms with E-state index in [0.717, 1.165) is 25.7 Å². The molecule has 3 heteroatoms. The van der Waals surface area contributed by atoms with Crippen LogP contribution in [0.25, 0.3) is 0 Å². The van der Waals surface area contributed by atoms with Gasteiger partial charge >= 0.3 is 0 Å². The van der Waals surface area contributed by atoms with E-state index in [4.69, 9.17) is 4.74 Å². The minimum atomic E-state index is 0.724. The van der Waals surface area contributed by atoms with E-state index in [-0.39, 0.29) is 0 Å². The largest absolute Gasteiger partial charge is 0.383 e. The highest BCUT2D eigenvalue weighted by atomic mass is 16.5. The van der Waals surface area contributed by atoms with Gasteiger partial charge in [0.05, 0.1) is 6.61 Å². The Hall–Kier alpha value is -0.900. The average Bonchev–Trinajstić information content (AvgIpc) is 2.46. The maximum Gasteiger partial charge on any atom is 0.0589 e. The number of rotatable bonds is 6. The Bertz CT molecular complexity index is 347. The van der Waals surface area contributed by atoms with Gasteiger partial charge in [0.1, 0.15) is 0 Å². The fourth-order valence-corrected chi connectivity index (χ4v) is 2.78. The summed E-state index contributed by atoms with van der Waals surface area (Å²) in [6.07, 6.45) is 2.54. The summed E-state index contributed by atoms with van der Waals surface area (Å²) in [6, 6.07) is 11.5. The van der Waals surface area contributed by atoms with Crippen molar-refractivity contribution in [3.63, 3.8) is 0 Å². The van der Waals surface area contributed by atoms with Crippen LogP contribution in [0.5, 0.6) is 0 Å². The molecular weight excluding hydrogens is 236 g/mol. The van der Waals surface area contributed by atoms with Gasteiger partial charge in [0, 0.05) is 26.2 Å². The first-order valence-electron chi connectivity index (χ1n) is 7.25. The molecule has 0 spiro atoms. The monoisotopic (exact) mass is 262 g/mol. The third-order valence-corrected chi connectivity index (χ3v) is 4.08. The number of benzene rings is 1. The Kier molecular flexibility index (Phi) is 5.83. The molecule has 106 valence electrons. The summed E-state index contributed by atoms with van der Waals surface area (Å²) in [7, 11) is 3.99. The molecule has 1 saturated heterocycles. The molecular formula is C16H26N2O. The van der Waals surface area contributed by atoms with Gasteiger partial charge in [-0.1, -0.05) is 30.3 Å². The van der Waals surface area contributed by atoms with Gasteiger partial charge in [-0.15, -0.1) is 0 Å². The predicted octanol–water partition coefficient (Wildman–Crippen LogP) is 2.23. The molecule has 0 aromatic heterocycles. The molecule has 0 radical (unpaired) electrons. The molecule has 1 fully saturated rings. The summed E-state index contributed by atoms with van der Waals surface area (Å²) >= 11 is 0. The van der Waals surface area contributed by atoms with E-state index < -0.39 is 0 Å². The predicted molar refractivity (Wildman–Crippen MR) is 79.2 cm³/mol. The minimum absolute atomic E-state index is 0.724. The van der Waals surface area contributed by atoms with Crippen molar-refractivity contribution in [2.24, 2.45) is 0 Å². The first-order chi connectivity index (χ1) is 9.29. The molecule has 0 unspecified atom stereocenters. The summed E-state index contributed by atoms with van der Waals surface area (Å²) in [4.78, 5) is 5.01. The molecule has 1 aromatic rings. The van der Waals surface area contributed by atoms with Crippen LogP contribution in [0, 0.1) is 0 Å². The molecule has 1 aliphatic heterocycles. The molecule has 19 heavy (non-hydrogen) atoms. The van der Waals surface area contributed by atoms with Crippen molar-refractivity contribution < 1.29 is 4.74 Å². The average molecular weight is 262 g/mol. The lowest BCUT2D eigenvalue weighted by Gasteiger charge is -2.36. The highest BCUT2D eigenvalue weighted by molar-refractivity contribution is 5.14. The molecule has 1 aliphatic rings. The van der Waals surface area contributed by atoms with Gasteiger partial charge in [-0.2, -0.15) is 0 Å². The highest BCUT2D eigenvalue weighted by Crippen LogP contribution is 2.17. The summed E-state index contributed by atoms with van der Waals surface area (Å²) in [5.41, 5.74) is 1.42. The maximum atomic E-state index is 5.15. The van der Waals surface area contributed by atoms with Crippen LogP contribution in [0.2, 0.25) is 0 Å². The zero-order valence-corrected chi connectivity index (χ0v) is 12.2. The molecule has 0 bridgehead atoms. The lowest BCUT2D eigenvalue weighted by molar-refractivity contribution is 0.0945. The standard InChI is InChI=1S/C16H26N2O/c1-17(12-13-19-2)16-8-10-18(11-9-16)14-15-6-4-3-5-7-15/h3-7,16H,8-14H2,1-2H3. The lowest BCUT2D eigenvalue weighted by Crippen LogP contribution is -2.43. The van der Waals surface area contributed by atoms with Crippen LogP contribution in [-0.2, 0) is 11.3 Å². The molecule has 2 rings (SSSR count). The van der Waals surface area contributed by atoms with Gasteiger partial charge < -0.3 is 9.64 Å². The second-order valence-corrected chi connectivity index (χ2v) is 5.47. The summed E-state index contributed by atoms with van der Waals surface area (Å²) in [6.45, 7) is 5.38. The molecule has 0 amide bonds. The van der Waals surface area contributed by atoms with E-state index in [9.17, 15) is 0 Å². The smallest absolute Gasteiger partial charge is 0.0589 e. The van der Waals surface area contributed by atoms with Gasteiger partial charge in [-0.25, -0.2) is 0 Å². The molecule has 1 aromatic carbocycles. The number of hydrogen-bond donors (Lipinski definition) is 0. The minimum Gasteiger partial charge on any atom is -0.383 e. The van der Waals surface area contributed by atoms with Crippen LogP contribution in [0.1, 0.15) is 18.4 Å². The fraction of sp³-hybridized carbons (Fsp3) is 0.625. The second kappa shape index (κ2) is 7.63. The molecule has 0 aliphatic carbocycles. The van der Waals surface area contributed by atoms with Gasteiger partial charge in [-0.3, -0.25) is 4.90 Å². The van der Waals surface area contributed by atoms with Gasteiger partial charge in [0.15, 0.2) is 0 Å². The third-order valence-electron chi connectivity index (χ3n) is 4.08. The number of methoxy groups -OCH3 is 1. The molecule has 0 atom stereocenters. The van der Waals surface area contributed by atoms with E-state index in [1.54, 1.807) is 7.11 Å². The summed E-state index contributed by atoms with van der Waals surface area (Å²) in [5.74, 6) is 0. The number of likely N-dealkylation sites (tertiary alicyclic amines) is 1. The van der Waals surface area contributed by atoms with Crippen molar-refractivity contribution in [2.45, 2.75) is 25.4 Å². The number of ether oxygens (including phenoxy) is 1. The molecule has 3 nitrogen and oxygen atoms in total. The SMILES string of the molecule is COCCN(C)C1CCN(Cc2ccccc2)CC1. The van der Waals surface area contributed by atoms with E-state index in [1.807, 2.05) is 0 Å².